The molecule has 2 atom stereocenters. The molecule has 0 unspecified atom stereocenters. The lowest BCUT2D eigenvalue weighted by Gasteiger charge is -2.45. The van der Waals surface area contributed by atoms with Crippen molar-refractivity contribution >= 4 is 32.8 Å². The normalized spacial score (nSPS) is 22.5. The highest BCUT2D eigenvalue weighted by Crippen LogP contribution is 2.49. The van der Waals surface area contributed by atoms with Crippen LogP contribution in [-0.4, -0.2) is 22.4 Å². The number of allylic oxidation sites excluding steroid dienone is 2. The Morgan fingerprint density at radius 1 is 1.25 bits per heavy atom. The maximum atomic E-state index is 12.5. The number of pyridine rings is 1. The molecule has 0 saturated heterocycles. The van der Waals surface area contributed by atoms with Crippen molar-refractivity contribution in [2.24, 2.45) is 17.4 Å². The summed E-state index contributed by atoms with van der Waals surface area (Å²) in [5.41, 5.74) is 17.2. The minimum absolute atomic E-state index is 0.0202. The molecule has 0 spiro atoms. The topological polar surface area (TPSA) is 125 Å². The highest BCUT2D eigenvalue weighted by Gasteiger charge is 2.45. The van der Waals surface area contributed by atoms with Crippen LogP contribution < -0.4 is 26.3 Å². The van der Waals surface area contributed by atoms with Crippen LogP contribution in [0.25, 0.3) is 10.2 Å². The number of thiazole rings is 1. The molecular formula is C24H22F3N5O3S. The standard InChI is InChI=1S/C24H22F3N5O3S/c1-11-7-13-8-17-15(23(29,10-11)20(13)12(2)28)4-6-19(30-17)34-22(33)32-21-31-16-5-3-14(9-18(16)36-21)35-24(25,26)27/h3-7,9,13H,8,10,28-29H2,1-2H3,(H,31,32,33)/b20-12-/t13-,23-/m1/s1. The molecule has 0 fully saturated rings. The molecule has 36 heavy (non-hydrogen) atoms. The summed E-state index contributed by atoms with van der Waals surface area (Å²) in [4.78, 5) is 21.2. The van der Waals surface area contributed by atoms with E-state index >= 15 is 0 Å². The molecule has 1 amide bonds. The predicted molar refractivity (Wildman–Crippen MR) is 129 cm³/mol. The summed E-state index contributed by atoms with van der Waals surface area (Å²) in [7, 11) is 0. The Kier molecular flexibility index (Phi) is 5.67. The van der Waals surface area contributed by atoms with Gasteiger partial charge in [0.05, 0.1) is 21.4 Å². The van der Waals surface area contributed by atoms with Crippen molar-refractivity contribution < 1.29 is 27.4 Å². The van der Waals surface area contributed by atoms with Gasteiger partial charge in [0.25, 0.3) is 0 Å². The number of carbonyl (C=O) groups excluding carboxylic acids is 1. The van der Waals surface area contributed by atoms with Crippen LogP contribution in [0.2, 0.25) is 0 Å². The van der Waals surface area contributed by atoms with Gasteiger partial charge < -0.3 is 20.9 Å². The summed E-state index contributed by atoms with van der Waals surface area (Å²) in [5.74, 6) is -0.263. The van der Waals surface area contributed by atoms with Crippen LogP contribution in [0, 0.1) is 5.92 Å². The quantitative estimate of drug-likeness (QED) is 0.412. The fraction of sp³-hybridized carbons (Fsp3) is 0.292. The summed E-state index contributed by atoms with van der Waals surface area (Å²) in [5, 5.41) is 2.64. The molecular weight excluding hydrogens is 495 g/mol. The third-order valence-corrected chi connectivity index (χ3v) is 7.10. The zero-order valence-electron chi connectivity index (χ0n) is 19.3. The third-order valence-electron chi connectivity index (χ3n) is 6.16. The first-order valence-corrected chi connectivity index (χ1v) is 11.8. The number of nitrogens with two attached hydrogens (primary N) is 2. The molecule has 3 aromatic rings. The van der Waals surface area contributed by atoms with Gasteiger partial charge in [0.1, 0.15) is 5.75 Å². The second-order valence-electron chi connectivity index (χ2n) is 8.92. The fourth-order valence-corrected chi connectivity index (χ4v) is 5.95. The van der Waals surface area contributed by atoms with E-state index < -0.39 is 18.0 Å². The van der Waals surface area contributed by atoms with Crippen molar-refractivity contribution in [2.45, 2.75) is 38.6 Å². The molecule has 12 heteroatoms. The first kappa shape index (κ1) is 24.1. The second kappa shape index (κ2) is 8.49. The average molecular weight is 518 g/mol. The first-order chi connectivity index (χ1) is 16.9. The lowest BCUT2D eigenvalue weighted by atomic mass is 9.63. The molecule has 0 radical (unpaired) electrons. The number of amides is 1. The van der Waals surface area contributed by atoms with E-state index in [2.05, 4.69) is 26.1 Å². The smallest absolute Gasteiger partial charge is 0.406 e. The predicted octanol–water partition coefficient (Wildman–Crippen LogP) is 5.11. The molecule has 0 saturated carbocycles. The van der Waals surface area contributed by atoms with Crippen molar-refractivity contribution in [3.05, 3.63) is 64.5 Å². The minimum atomic E-state index is -4.80. The summed E-state index contributed by atoms with van der Waals surface area (Å²) < 4.78 is 47.1. The molecule has 2 heterocycles. The van der Waals surface area contributed by atoms with E-state index in [1.54, 1.807) is 6.07 Å². The van der Waals surface area contributed by atoms with E-state index in [4.69, 9.17) is 16.2 Å². The molecule has 1 aromatic carbocycles. The average Bonchev–Trinajstić information content (AvgIpc) is 3.12. The highest BCUT2D eigenvalue weighted by molar-refractivity contribution is 7.22. The molecule has 2 bridgehead atoms. The third kappa shape index (κ3) is 4.49. The number of hydrogen-bond acceptors (Lipinski definition) is 8. The Morgan fingerprint density at radius 2 is 2.03 bits per heavy atom. The van der Waals surface area contributed by atoms with E-state index in [1.165, 1.54) is 17.7 Å². The van der Waals surface area contributed by atoms with E-state index in [0.29, 0.717) is 28.8 Å². The molecule has 188 valence electrons. The first-order valence-electron chi connectivity index (χ1n) is 11.0. The van der Waals surface area contributed by atoms with Gasteiger partial charge in [-0.2, -0.15) is 0 Å². The Hall–Kier alpha value is -3.64. The molecule has 2 aliphatic rings. The number of nitrogens with one attached hydrogen (secondary N) is 1. The number of alkyl halides is 3. The summed E-state index contributed by atoms with van der Waals surface area (Å²) in [6, 6.07) is 7.10. The number of aromatic nitrogens is 2. The van der Waals surface area contributed by atoms with Crippen molar-refractivity contribution in [1.29, 1.82) is 0 Å². The number of benzene rings is 1. The summed E-state index contributed by atoms with van der Waals surface area (Å²) >= 11 is 0.982. The van der Waals surface area contributed by atoms with Crippen molar-refractivity contribution in [3.63, 3.8) is 0 Å². The van der Waals surface area contributed by atoms with Gasteiger partial charge in [0, 0.05) is 30.2 Å². The molecule has 2 aliphatic carbocycles. The fourth-order valence-electron chi connectivity index (χ4n) is 5.07. The maximum Gasteiger partial charge on any atom is 0.573 e. The number of rotatable bonds is 3. The van der Waals surface area contributed by atoms with Crippen molar-refractivity contribution in [3.8, 4) is 11.6 Å². The number of hydrogen-bond donors (Lipinski definition) is 3. The Morgan fingerprint density at radius 3 is 2.75 bits per heavy atom. The number of carbonyl (C=O) groups is 1. The number of nitrogens with zero attached hydrogens (tertiary/aromatic N) is 2. The van der Waals surface area contributed by atoms with Crippen molar-refractivity contribution in [1.82, 2.24) is 9.97 Å². The van der Waals surface area contributed by atoms with Crippen LogP contribution >= 0.6 is 11.3 Å². The summed E-state index contributed by atoms with van der Waals surface area (Å²) in [6.07, 6.45) is -2.28. The second-order valence-corrected chi connectivity index (χ2v) is 9.95. The van der Waals surface area contributed by atoms with Gasteiger partial charge in [-0.15, -0.1) is 13.2 Å². The molecule has 0 aliphatic heterocycles. The molecule has 5 N–H and O–H groups in total. The van der Waals surface area contributed by atoms with E-state index in [9.17, 15) is 18.0 Å². The van der Waals surface area contributed by atoms with E-state index in [-0.39, 0.29) is 22.7 Å². The summed E-state index contributed by atoms with van der Waals surface area (Å²) in [6.45, 7) is 3.90. The van der Waals surface area contributed by atoms with Crippen LogP contribution in [-0.2, 0) is 12.0 Å². The van der Waals surface area contributed by atoms with Crippen LogP contribution in [0.4, 0.5) is 23.1 Å². The van der Waals surface area contributed by atoms with Gasteiger partial charge in [-0.3, -0.25) is 5.32 Å². The number of anilines is 1. The van der Waals surface area contributed by atoms with Crippen LogP contribution in [0.3, 0.4) is 0 Å². The van der Waals surface area contributed by atoms with Gasteiger partial charge in [0.15, 0.2) is 5.13 Å². The Bertz CT molecular complexity index is 1440. The number of halogens is 3. The van der Waals surface area contributed by atoms with Gasteiger partial charge in [-0.1, -0.05) is 23.0 Å². The Balaban J connectivity index is 1.33. The van der Waals surface area contributed by atoms with Gasteiger partial charge in [0.2, 0.25) is 5.88 Å². The number of fused-ring (bicyclic) bond motifs is 5. The van der Waals surface area contributed by atoms with E-state index in [0.717, 1.165) is 34.2 Å². The lowest BCUT2D eigenvalue weighted by molar-refractivity contribution is -0.274. The zero-order chi connectivity index (χ0) is 25.8. The molecule has 2 aromatic heterocycles. The van der Waals surface area contributed by atoms with Gasteiger partial charge >= 0.3 is 12.5 Å². The Labute approximate surface area is 207 Å². The zero-order valence-corrected chi connectivity index (χ0v) is 20.1. The largest absolute Gasteiger partial charge is 0.573 e. The maximum absolute atomic E-state index is 12.5. The van der Waals surface area contributed by atoms with E-state index in [1.807, 2.05) is 19.9 Å². The molecule has 5 rings (SSSR count). The van der Waals surface area contributed by atoms with Gasteiger partial charge in [-0.05, 0) is 49.6 Å². The van der Waals surface area contributed by atoms with Crippen LogP contribution in [0.15, 0.2) is 53.3 Å². The highest BCUT2D eigenvalue weighted by atomic mass is 32.1. The van der Waals surface area contributed by atoms with Crippen LogP contribution in [0.5, 0.6) is 11.6 Å². The minimum Gasteiger partial charge on any atom is -0.406 e. The molecule has 8 nitrogen and oxygen atoms in total. The van der Waals surface area contributed by atoms with Crippen molar-refractivity contribution in [2.75, 3.05) is 5.32 Å². The monoisotopic (exact) mass is 517 g/mol. The SMILES string of the molecule is CC1=C[C@@H]2Cc3nc(OC(=O)Nc4nc5ccc(OC(F)(F)F)cc5s4)ccc3[C@](N)(C1)/C2=C(/C)N. The number of ether oxygens (including phenoxy) is 2. The lowest BCUT2D eigenvalue weighted by Crippen LogP contribution is -2.49. The van der Waals surface area contributed by atoms with Crippen LogP contribution in [0.1, 0.15) is 31.5 Å². The van der Waals surface area contributed by atoms with Gasteiger partial charge in [-0.25, -0.2) is 14.8 Å².